The van der Waals surface area contributed by atoms with Crippen LogP contribution in [0.15, 0.2) is 12.1 Å². The molecule has 0 unspecified atom stereocenters. The zero-order valence-corrected chi connectivity index (χ0v) is 10.0. The highest BCUT2D eigenvalue weighted by Gasteiger charge is 2.39. The Morgan fingerprint density at radius 1 is 1.12 bits per heavy atom. The molecule has 0 bridgehead atoms. The summed E-state index contributed by atoms with van der Waals surface area (Å²) in [5, 5.41) is 10.4. The predicted octanol–water partition coefficient (Wildman–Crippen LogP) is 2.38. The van der Waals surface area contributed by atoms with Crippen molar-refractivity contribution in [3.63, 3.8) is 0 Å². The van der Waals surface area contributed by atoms with Crippen LogP contribution in [-0.4, -0.2) is 19.3 Å². The van der Waals surface area contributed by atoms with E-state index in [2.05, 4.69) is 0 Å². The molecule has 1 aromatic rings. The van der Waals surface area contributed by atoms with E-state index in [1.54, 1.807) is 14.2 Å². The lowest BCUT2D eigenvalue weighted by molar-refractivity contribution is -0.0406. The molecule has 16 heavy (non-hydrogen) atoms. The van der Waals surface area contributed by atoms with Gasteiger partial charge in [-0.3, -0.25) is 0 Å². The van der Waals surface area contributed by atoms with Gasteiger partial charge in [0, 0.05) is 5.56 Å². The molecule has 1 saturated carbocycles. The molecule has 0 heterocycles. The first-order valence-electron chi connectivity index (χ1n) is 5.56. The van der Waals surface area contributed by atoms with Gasteiger partial charge in [-0.05, 0) is 43.9 Å². The van der Waals surface area contributed by atoms with Crippen molar-refractivity contribution < 1.29 is 14.6 Å². The van der Waals surface area contributed by atoms with Gasteiger partial charge in [0.25, 0.3) is 0 Å². The minimum atomic E-state index is -0.716. The van der Waals surface area contributed by atoms with E-state index in [4.69, 9.17) is 9.47 Å². The number of benzene rings is 1. The molecule has 0 atom stereocenters. The summed E-state index contributed by atoms with van der Waals surface area (Å²) in [5.41, 5.74) is 1.15. The zero-order chi connectivity index (χ0) is 11.8. The molecule has 1 aromatic carbocycles. The number of methoxy groups -OCH3 is 2. The van der Waals surface area contributed by atoms with Crippen molar-refractivity contribution >= 4 is 0 Å². The molecule has 2 rings (SSSR count). The Hall–Kier alpha value is -1.22. The standard InChI is InChI=1S/C13H18O3/c1-9-7-12(16-3)10(8-11(9)15-2)13(14)5-4-6-13/h7-8,14H,4-6H2,1-3H3. The molecule has 3 nitrogen and oxygen atoms in total. The lowest BCUT2D eigenvalue weighted by Gasteiger charge is -2.38. The van der Waals surface area contributed by atoms with Gasteiger partial charge < -0.3 is 14.6 Å². The maximum absolute atomic E-state index is 10.4. The van der Waals surface area contributed by atoms with Crippen LogP contribution >= 0.6 is 0 Å². The third kappa shape index (κ3) is 1.65. The van der Waals surface area contributed by atoms with Crippen LogP contribution in [0.25, 0.3) is 0 Å². The molecule has 0 spiro atoms. The van der Waals surface area contributed by atoms with Crippen molar-refractivity contribution in [3.05, 3.63) is 23.3 Å². The first-order valence-corrected chi connectivity index (χ1v) is 5.56. The maximum Gasteiger partial charge on any atom is 0.125 e. The Labute approximate surface area is 96.0 Å². The molecule has 0 amide bonds. The lowest BCUT2D eigenvalue weighted by Crippen LogP contribution is -2.34. The van der Waals surface area contributed by atoms with E-state index < -0.39 is 5.60 Å². The summed E-state index contributed by atoms with van der Waals surface area (Å²) in [6.07, 6.45) is 2.67. The Morgan fingerprint density at radius 3 is 2.19 bits per heavy atom. The molecule has 3 heteroatoms. The fraction of sp³-hybridized carbons (Fsp3) is 0.538. The van der Waals surface area contributed by atoms with Gasteiger partial charge in [-0.1, -0.05) is 0 Å². The molecule has 0 aromatic heterocycles. The van der Waals surface area contributed by atoms with E-state index in [1.807, 2.05) is 19.1 Å². The number of rotatable bonds is 3. The summed E-state index contributed by atoms with van der Waals surface area (Å²) < 4.78 is 10.6. The fourth-order valence-corrected chi connectivity index (χ4v) is 2.20. The Morgan fingerprint density at radius 2 is 1.75 bits per heavy atom. The van der Waals surface area contributed by atoms with Gasteiger partial charge >= 0.3 is 0 Å². The number of ether oxygens (including phenoxy) is 2. The van der Waals surface area contributed by atoms with Gasteiger partial charge in [0.1, 0.15) is 11.5 Å². The molecule has 0 radical (unpaired) electrons. The Bertz CT molecular complexity index is 394. The van der Waals surface area contributed by atoms with Crippen LogP contribution in [-0.2, 0) is 5.60 Å². The molecule has 1 aliphatic carbocycles. The van der Waals surface area contributed by atoms with Crippen molar-refractivity contribution in [1.82, 2.24) is 0 Å². The third-order valence-electron chi connectivity index (χ3n) is 3.40. The second-order valence-corrected chi connectivity index (χ2v) is 4.41. The summed E-state index contributed by atoms with van der Waals surface area (Å²) in [6, 6.07) is 3.82. The molecule has 1 aliphatic rings. The molecule has 1 N–H and O–H groups in total. The largest absolute Gasteiger partial charge is 0.496 e. The summed E-state index contributed by atoms with van der Waals surface area (Å²) in [6.45, 7) is 1.97. The molecule has 1 fully saturated rings. The third-order valence-corrected chi connectivity index (χ3v) is 3.40. The van der Waals surface area contributed by atoms with Crippen molar-refractivity contribution in [2.45, 2.75) is 31.8 Å². The number of aliphatic hydroxyl groups is 1. The van der Waals surface area contributed by atoms with Gasteiger partial charge in [-0.25, -0.2) is 0 Å². The number of hydrogen-bond donors (Lipinski definition) is 1. The van der Waals surface area contributed by atoms with Crippen LogP contribution in [0.2, 0.25) is 0 Å². The van der Waals surface area contributed by atoms with Crippen LogP contribution in [0.3, 0.4) is 0 Å². The highest BCUT2D eigenvalue weighted by Crippen LogP contribution is 2.46. The van der Waals surface area contributed by atoms with Crippen molar-refractivity contribution in [3.8, 4) is 11.5 Å². The van der Waals surface area contributed by atoms with Gasteiger partial charge in [-0.15, -0.1) is 0 Å². The first kappa shape index (κ1) is 11.3. The van der Waals surface area contributed by atoms with E-state index in [-0.39, 0.29) is 0 Å². The van der Waals surface area contributed by atoms with Crippen LogP contribution < -0.4 is 9.47 Å². The van der Waals surface area contributed by atoms with E-state index in [0.29, 0.717) is 0 Å². The first-order chi connectivity index (χ1) is 7.60. The van der Waals surface area contributed by atoms with Crippen LogP contribution in [0.1, 0.15) is 30.4 Å². The van der Waals surface area contributed by atoms with E-state index in [9.17, 15) is 5.11 Å². The average Bonchev–Trinajstić information content (AvgIpc) is 2.25. The maximum atomic E-state index is 10.4. The van der Waals surface area contributed by atoms with Crippen molar-refractivity contribution in [2.24, 2.45) is 0 Å². The molecule has 0 saturated heterocycles. The highest BCUT2D eigenvalue weighted by molar-refractivity contribution is 5.49. The summed E-state index contributed by atoms with van der Waals surface area (Å²) in [4.78, 5) is 0. The summed E-state index contributed by atoms with van der Waals surface area (Å²) >= 11 is 0. The van der Waals surface area contributed by atoms with Crippen LogP contribution in [0, 0.1) is 6.92 Å². The monoisotopic (exact) mass is 222 g/mol. The quantitative estimate of drug-likeness (QED) is 0.853. The minimum Gasteiger partial charge on any atom is -0.496 e. The van der Waals surface area contributed by atoms with E-state index in [0.717, 1.165) is 41.9 Å². The number of aryl methyl sites for hydroxylation is 1. The summed E-state index contributed by atoms with van der Waals surface area (Å²) in [5.74, 6) is 1.55. The second-order valence-electron chi connectivity index (χ2n) is 4.41. The minimum absolute atomic E-state index is 0.716. The van der Waals surface area contributed by atoms with Gasteiger partial charge in [-0.2, -0.15) is 0 Å². The normalized spacial score (nSPS) is 17.8. The van der Waals surface area contributed by atoms with Gasteiger partial charge in [0.15, 0.2) is 0 Å². The van der Waals surface area contributed by atoms with E-state index in [1.165, 1.54) is 0 Å². The molecular weight excluding hydrogens is 204 g/mol. The highest BCUT2D eigenvalue weighted by atomic mass is 16.5. The second kappa shape index (κ2) is 3.98. The van der Waals surface area contributed by atoms with Gasteiger partial charge in [0.05, 0.1) is 19.8 Å². The van der Waals surface area contributed by atoms with Gasteiger partial charge in [0.2, 0.25) is 0 Å². The average molecular weight is 222 g/mol. The zero-order valence-electron chi connectivity index (χ0n) is 10.0. The molecular formula is C13H18O3. The Kier molecular flexibility index (Phi) is 2.80. The van der Waals surface area contributed by atoms with Crippen molar-refractivity contribution in [2.75, 3.05) is 14.2 Å². The summed E-state index contributed by atoms with van der Waals surface area (Å²) in [7, 11) is 3.27. The topological polar surface area (TPSA) is 38.7 Å². The molecule has 88 valence electrons. The van der Waals surface area contributed by atoms with Crippen LogP contribution in [0.5, 0.6) is 11.5 Å². The lowest BCUT2D eigenvalue weighted by atomic mass is 9.74. The number of hydrogen-bond acceptors (Lipinski definition) is 3. The SMILES string of the molecule is COc1cc(C2(O)CCC2)c(OC)cc1C. The van der Waals surface area contributed by atoms with Crippen molar-refractivity contribution in [1.29, 1.82) is 0 Å². The fourth-order valence-electron chi connectivity index (χ4n) is 2.20. The Balaban J connectivity index is 2.49. The smallest absolute Gasteiger partial charge is 0.125 e. The predicted molar refractivity (Wildman–Crippen MR) is 62.0 cm³/mol. The van der Waals surface area contributed by atoms with Crippen LogP contribution in [0.4, 0.5) is 0 Å². The molecule has 0 aliphatic heterocycles. The van der Waals surface area contributed by atoms with E-state index >= 15 is 0 Å².